The molecule has 0 aliphatic heterocycles. The van der Waals surface area contributed by atoms with Crippen molar-refractivity contribution in [2.24, 2.45) is 31.7 Å². The molecule has 2 atom stereocenters. The number of aryl methyl sites for hydroxylation is 2. The summed E-state index contributed by atoms with van der Waals surface area (Å²) in [6.07, 6.45) is 9.79. The van der Waals surface area contributed by atoms with Crippen LogP contribution in [-0.2, 0) is 42.8 Å². The summed E-state index contributed by atoms with van der Waals surface area (Å²) in [5, 5.41) is 7.74. The number of nitrogens with two attached hydrogens (primary N) is 1. The second-order valence-electron chi connectivity index (χ2n) is 17.1. The summed E-state index contributed by atoms with van der Waals surface area (Å²) >= 11 is 0. The lowest BCUT2D eigenvalue weighted by Gasteiger charge is -2.29. The Labute approximate surface area is 391 Å². The van der Waals surface area contributed by atoms with Crippen molar-refractivity contribution in [3.05, 3.63) is 132 Å². The molecule has 0 unspecified atom stereocenters. The molecule has 17 heteroatoms. The number of carbonyl (C=O) groups excluding carboxylic acids is 2. The van der Waals surface area contributed by atoms with Crippen LogP contribution in [0.25, 0.3) is 21.8 Å². The summed E-state index contributed by atoms with van der Waals surface area (Å²) in [6, 6.07) is 25.8. The van der Waals surface area contributed by atoms with Crippen LogP contribution in [0.2, 0.25) is 0 Å². The SMILES string of the molecule is C.C[C@@H](NC(=O)C1CCC(N)CC1)c1ccc(F)cc1.C[C@@H](NC(=O)C1CCC(NS(=O)(=O)c2ccc3c(ccn3C)c2)CC1)c1ccc(F)cc1.Cn1ccc2cc(S(=O)(=O)Cl)ccc21. The van der Waals surface area contributed by atoms with E-state index in [9.17, 15) is 35.2 Å². The Hall–Kier alpha value is -5.13. The average Bonchev–Trinajstić information content (AvgIpc) is 3.85. The van der Waals surface area contributed by atoms with E-state index in [0.29, 0.717) is 25.7 Å². The zero-order chi connectivity index (χ0) is 47.1. The largest absolute Gasteiger partial charge is 0.351 e. The van der Waals surface area contributed by atoms with Crippen LogP contribution in [0.1, 0.15) is 95.9 Å². The van der Waals surface area contributed by atoms with E-state index in [4.69, 9.17) is 16.4 Å². The van der Waals surface area contributed by atoms with Crippen molar-refractivity contribution in [3.8, 4) is 0 Å². The quantitative estimate of drug-likeness (QED) is 0.0990. The first-order valence-electron chi connectivity index (χ1n) is 21.7. The predicted octanol–water partition coefficient (Wildman–Crippen LogP) is 9.29. The maximum atomic E-state index is 13.1. The molecule has 0 bridgehead atoms. The normalized spacial score (nSPS) is 19.5. The van der Waals surface area contributed by atoms with Gasteiger partial charge in [0.25, 0.3) is 9.05 Å². The Bertz CT molecular complexity index is 2800. The lowest BCUT2D eigenvalue weighted by molar-refractivity contribution is -0.127. The number of rotatable bonds is 10. The second kappa shape index (κ2) is 22.6. The number of amides is 2. The molecular weight excluding hydrogens is 906 g/mol. The zero-order valence-corrected chi connectivity index (χ0v) is 39.3. The summed E-state index contributed by atoms with van der Waals surface area (Å²) in [5.74, 6) is -0.608. The Morgan fingerprint density at radius 2 is 1.02 bits per heavy atom. The number of halogens is 3. The molecule has 2 fully saturated rings. The smallest absolute Gasteiger partial charge is 0.261 e. The Morgan fingerprint density at radius 3 is 1.44 bits per heavy atom. The van der Waals surface area contributed by atoms with E-state index < -0.39 is 19.1 Å². The summed E-state index contributed by atoms with van der Waals surface area (Å²) in [5.41, 5.74) is 9.56. The van der Waals surface area contributed by atoms with E-state index in [1.807, 2.05) is 67.7 Å². The fraction of sp³-hybridized carbons (Fsp3) is 0.388. The van der Waals surface area contributed by atoms with E-state index in [0.717, 1.165) is 58.6 Å². The van der Waals surface area contributed by atoms with E-state index >= 15 is 0 Å². The van der Waals surface area contributed by atoms with Crippen LogP contribution in [0.5, 0.6) is 0 Å². The molecule has 0 saturated heterocycles. The molecule has 2 aliphatic carbocycles. The molecule has 2 aromatic heterocycles. The fourth-order valence-electron chi connectivity index (χ4n) is 8.31. The highest BCUT2D eigenvalue weighted by atomic mass is 35.7. The van der Waals surface area contributed by atoms with Crippen LogP contribution in [0.15, 0.2) is 119 Å². The molecule has 4 aromatic carbocycles. The lowest BCUT2D eigenvalue weighted by Crippen LogP contribution is -2.41. The van der Waals surface area contributed by atoms with Crippen molar-refractivity contribution < 1.29 is 35.2 Å². The number of sulfonamides is 1. The van der Waals surface area contributed by atoms with Gasteiger partial charge in [-0.3, -0.25) is 9.59 Å². The van der Waals surface area contributed by atoms with E-state index in [1.165, 1.54) is 30.3 Å². The van der Waals surface area contributed by atoms with Gasteiger partial charge in [0, 0.05) is 82.9 Å². The van der Waals surface area contributed by atoms with Gasteiger partial charge in [-0.2, -0.15) is 0 Å². The van der Waals surface area contributed by atoms with Gasteiger partial charge in [0.15, 0.2) is 0 Å². The third kappa shape index (κ3) is 13.7. The van der Waals surface area contributed by atoms with Crippen molar-refractivity contribution in [2.45, 2.75) is 107 Å². The molecule has 0 spiro atoms. The molecule has 6 aromatic rings. The van der Waals surface area contributed by atoms with Gasteiger partial charge in [0.2, 0.25) is 21.8 Å². The third-order valence-corrected chi connectivity index (χ3v) is 15.2. The number of nitrogens with one attached hydrogen (secondary N) is 3. The van der Waals surface area contributed by atoms with Crippen molar-refractivity contribution in [3.63, 3.8) is 0 Å². The maximum Gasteiger partial charge on any atom is 0.261 e. The highest BCUT2D eigenvalue weighted by Gasteiger charge is 2.30. The number of aromatic nitrogens is 2. The molecule has 2 aliphatic rings. The average molecular weight is 968 g/mol. The Morgan fingerprint density at radius 1 is 0.621 bits per heavy atom. The van der Waals surface area contributed by atoms with Gasteiger partial charge in [-0.25, -0.2) is 30.3 Å². The van der Waals surface area contributed by atoms with Crippen LogP contribution < -0.4 is 21.1 Å². The Balaban J connectivity index is 0.000000203. The molecule has 2 heterocycles. The molecule has 8 rings (SSSR count). The van der Waals surface area contributed by atoms with Crippen LogP contribution in [0, 0.1) is 23.5 Å². The number of carbonyl (C=O) groups is 2. The van der Waals surface area contributed by atoms with Gasteiger partial charge in [-0.05, 0) is 149 Å². The minimum Gasteiger partial charge on any atom is -0.351 e. The van der Waals surface area contributed by atoms with Gasteiger partial charge in [-0.15, -0.1) is 0 Å². The monoisotopic (exact) mass is 966 g/mol. The van der Waals surface area contributed by atoms with Gasteiger partial charge in [0.1, 0.15) is 11.6 Å². The van der Waals surface area contributed by atoms with Gasteiger partial charge >= 0.3 is 0 Å². The molecule has 2 saturated carbocycles. The Kier molecular flexibility index (Phi) is 17.7. The van der Waals surface area contributed by atoms with E-state index in [2.05, 4.69) is 15.4 Å². The van der Waals surface area contributed by atoms with Crippen molar-refractivity contribution in [1.82, 2.24) is 24.5 Å². The van der Waals surface area contributed by atoms with Crippen molar-refractivity contribution >= 4 is 63.4 Å². The zero-order valence-electron chi connectivity index (χ0n) is 36.9. The predicted molar refractivity (Wildman–Crippen MR) is 258 cm³/mol. The number of benzene rings is 4. The van der Waals surface area contributed by atoms with Gasteiger partial charge < -0.3 is 25.5 Å². The van der Waals surface area contributed by atoms with Gasteiger partial charge in [0.05, 0.1) is 21.9 Å². The molecule has 0 radical (unpaired) electrons. The standard InChI is InChI=1S/C24H28FN3O3S.C15H21FN2O.C9H8ClNO2S.CH4/c1-16(17-3-7-20(25)8-4-17)26-24(29)18-5-9-21(10-6-18)27-32(30,31)22-11-12-23-19(15-22)13-14-28(23)2;1-10(11-2-6-13(16)7-3-11)18-15(19)12-4-8-14(17)9-5-12;1-11-5-4-7-6-8(14(10,12)13)2-3-9(7)11;/h3-4,7-8,11-16,18,21,27H,5-6,9-10H2,1-2H3,(H,26,29);2-3,6-7,10,12,14H,4-5,8-9,17H2,1H3,(H,18,19);2-6H,1H3;1H4/t16-,18?,21?;10-,12?,14?;;/m11../s1. The molecule has 12 nitrogen and oxygen atoms in total. The summed E-state index contributed by atoms with van der Waals surface area (Å²) < 4.78 is 80.4. The van der Waals surface area contributed by atoms with Gasteiger partial charge in [-0.1, -0.05) is 31.7 Å². The highest BCUT2D eigenvalue weighted by molar-refractivity contribution is 8.13. The number of fused-ring (bicyclic) bond motifs is 2. The van der Waals surface area contributed by atoms with Crippen molar-refractivity contribution in [1.29, 1.82) is 0 Å². The van der Waals surface area contributed by atoms with Crippen LogP contribution in [-0.4, -0.2) is 49.9 Å². The molecule has 5 N–H and O–H groups in total. The third-order valence-electron chi connectivity index (χ3n) is 12.3. The first-order valence-corrected chi connectivity index (χ1v) is 25.5. The van der Waals surface area contributed by atoms with Crippen LogP contribution in [0.4, 0.5) is 8.78 Å². The molecular formula is C49H61ClF2N6O6S2. The lowest BCUT2D eigenvalue weighted by atomic mass is 9.85. The summed E-state index contributed by atoms with van der Waals surface area (Å²) in [6.45, 7) is 3.79. The minimum absolute atomic E-state index is 0. The maximum absolute atomic E-state index is 13.1. The first kappa shape index (κ1) is 51.8. The summed E-state index contributed by atoms with van der Waals surface area (Å²) in [4.78, 5) is 25.2. The topological polar surface area (TPSA) is 174 Å². The number of hydrogen-bond donors (Lipinski definition) is 4. The fourth-order valence-corrected chi connectivity index (χ4v) is 10.4. The van der Waals surface area contributed by atoms with E-state index in [1.54, 1.807) is 48.5 Å². The molecule has 66 heavy (non-hydrogen) atoms. The van der Waals surface area contributed by atoms with Crippen molar-refractivity contribution in [2.75, 3.05) is 0 Å². The first-order chi connectivity index (χ1) is 30.8. The van der Waals surface area contributed by atoms with E-state index in [-0.39, 0.29) is 76.7 Å². The van der Waals surface area contributed by atoms with Crippen LogP contribution >= 0.6 is 10.7 Å². The second-order valence-corrected chi connectivity index (χ2v) is 21.4. The van der Waals surface area contributed by atoms with Crippen LogP contribution in [0.3, 0.4) is 0 Å². The summed E-state index contributed by atoms with van der Waals surface area (Å²) in [7, 11) is 1.80. The minimum atomic E-state index is -3.63. The highest BCUT2D eigenvalue weighted by Crippen LogP contribution is 2.29. The number of hydrogen-bond acceptors (Lipinski definition) is 7. The number of nitrogens with zero attached hydrogens (tertiary/aromatic N) is 2. The molecule has 356 valence electrons. The molecule has 2 amide bonds.